The fourth-order valence-electron chi connectivity index (χ4n) is 0.662. The summed E-state index contributed by atoms with van der Waals surface area (Å²) in [7, 11) is 0. The molecule has 2 rings (SSSR count). The lowest BCUT2D eigenvalue weighted by Crippen LogP contribution is -2.00. The van der Waals surface area contributed by atoms with E-state index in [4.69, 9.17) is 0 Å². The van der Waals surface area contributed by atoms with E-state index in [0.717, 1.165) is 0 Å². The summed E-state index contributed by atoms with van der Waals surface area (Å²) in [5.74, 6) is 0.470. The molecule has 0 saturated carbocycles. The van der Waals surface area contributed by atoms with E-state index in [-0.39, 0.29) is 0 Å². The van der Waals surface area contributed by atoms with E-state index in [1.54, 1.807) is 18.5 Å². The highest BCUT2D eigenvalue weighted by molar-refractivity contribution is 5.03. The molecule has 2 heterocycles. The molecule has 0 atom stereocenters. The monoisotopic (exact) mass is 148 g/mol. The molecule has 0 aliphatic carbocycles. The van der Waals surface area contributed by atoms with Crippen LogP contribution < -0.4 is 0 Å². The molecule has 0 unspecified atom stereocenters. The molecule has 0 aliphatic heterocycles. The van der Waals surface area contributed by atoms with Crippen LogP contribution in [0.3, 0.4) is 0 Å². The Morgan fingerprint density at radius 2 is 2.00 bits per heavy atom. The maximum absolute atomic E-state index is 3.93. The van der Waals surface area contributed by atoms with E-state index in [0.29, 0.717) is 5.95 Å². The number of hydrogen-bond donors (Lipinski definition) is 0. The fraction of sp³-hybridized carbons (Fsp3) is 0. The van der Waals surface area contributed by atoms with Crippen LogP contribution in [0.1, 0.15) is 0 Å². The summed E-state index contributed by atoms with van der Waals surface area (Å²) in [6.07, 6.45) is 4.70. The van der Waals surface area contributed by atoms with Crippen molar-refractivity contribution in [2.45, 2.75) is 0 Å². The Balaban J connectivity index is 2.46. The summed E-state index contributed by atoms with van der Waals surface area (Å²) in [4.78, 5) is 7.86. The molecule has 0 aromatic carbocycles. The molecule has 2 aromatic rings. The van der Waals surface area contributed by atoms with Crippen LogP contribution in [0.2, 0.25) is 0 Å². The second-order valence-corrected chi connectivity index (χ2v) is 1.80. The van der Waals surface area contributed by atoms with Crippen molar-refractivity contribution in [2.75, 3.05) is 0 Å². The van der Waals surface area contributed by atoms with Gasteiger partial charge in [0.05, 0.1) is 0 Å². The quantitative estimate of drug-likeness (QED) is 0.542. The molecule has 0 fully saturated rings. The van der Waals surface area contributed by atoms with Gasteiger partial charge in [-0.1, -0.05) is 0 Å². The minimum absolute atomic E-state index is 0.470. The van der Waals surface area contributed by atoms with E-state index < -0.39 is 0 Å². The largest absolute Gasteiger partial charge is 0.253 e. The van der Waals surface area contributed by atoms with E-state index in [1.807, 2.05) is 0 Å². The molecular formula is C5H4N6. The summed E-state index contributed by atoms with van der Waals surface area (Å²) < 4.78 is 1.39. The number of hydrogen-bond acceptors (Lipinski definition) is 5. The SMILES string of the molecule is c1cnc(-n2cnnn2)nc1. The normalized spacial score (nSPS) is 9.82. The molecule has 2 aromatic heterocycles. The molecule has 0 N–H and O–H groups in total. The van der Waals surface area contributed by atoms with Crippen LogP contribution in [0.15, 0.2) is 24.8 Å². The number of rotatable bonds is 1. The van der Waals surface area contributed by atoms with Gasteiger partial charge in [0.15, 0.2) is 0 Å². The maximum Gasteiger partial charge on any atom is 0.253 e. The van der Waals surface area contributed by atoms with E-state index in [1.165, 1.54) is 11.0 Å². The van der Waals surface area contributed by atoms with Gasteiger partial charge in [-0.25, -0.2) is 9.97 Å². The van der Waals surface area contributed by atoms with Crippen molar-refractivity contribution in [3.05, 3.63) is 24.8 Å². The highest BCUT2D eigenvalue weighted by Gasteiger charge is 1.96. The van der Waals surface area contributed by atoms with Crippen molar-refractivity contribution in [1.82, 2.24) is 30.2 Å². The van der Waals surface area contributed by atoms with Gasteiger partial charge in [0.1, 0.15) is 6.33 Å². The minimum atomic E-state index is 0.470. The smallest absolute Gasteiger partial charge is 0.220 e. The van der Waals surface area contributed by atoms with Crippen LogP contribution in [0.4, 0.5) is 0 Å². The lowest BCUT2D eigenvalue weighted by molar-refractivity contribution is 0.748. The van der Waals surface area contributed by atoms with Crippen LogP contribution >= 0.6 is 0 Å². The van der Waals surface area contributed by atoms with Gasteiger partial charge in [-0.05, 0) is 16.5 Å². The molecule has 6 nitrogen and oxygen atoms in total. The standard InChI is InChI=1S/C5H4N6/c1-2-6-5(7-3-1)11-4-8-9-10-11/h1-4H. The Labute approximate surface area is 61.9 Å². The third-order valence-electron chi connectivity index (χ3n) is 1.11. The zero-order valence-electron chi connectivity index (χ0n) is 5.49. The third-order valence-corrected chi connectivity index (χ3v) is 1.11. The average Bonchev–Trinajstić information content (AvgIpc) is 2.58. The molecule has 6 heteroatoms. The maximum atomic E-state index is 3.93. The molecule has 0 spiro atoms. The lowest BCUT2D eigenvalue weighted by atomic mass is 10.7. The van der Waals surface area contributed by atoms with Gasteiger partial charge in [0.25, 0.3) is 5.95 Å². The summed E-state index contributed by atoms with van der Waals surface area (Å²) in [6, 6.07) is 1.73. The summed E-state index contributed by atoms with van der Waals surface area (Å²) in [5.41, 5.74) is 0. The molecule has 11 heavy (non-hydrogen) atoms. The van der Waals surface area contributed by atoms with Crippen molar-refractivity contribution in [1.29, 1.82) is 0 Å². The Hall–Kier alpha value is -1.85. The van der Waals surface area contributed by atoms with Crippen molar-refractivity contribution in [3.8, 4) is 5.95 Å². The zero-order chi connectivity index (χ0) is 7.52. The third kappa shape index (κ3) is 1.05. The molecule has 0 bridgehead atoms. The van der Waals surface area contributed by atoms with Gasteiger partial charge in [-0.3, -0.25) is 0 Å². The summed E-state index contributed by atoms with van der Waals surface area (Å²) >= 11 is 0. The molecule has 0 aliphatic rings. The van der Waals surface area contributed by atoms with Crippen molar-refractivity contribution < 1.29 is 0 Å². The number of tetrazole rings is 1. The van der Waals surface area contributed by atoms with Gasteiger partial charge in [0.2, 0.25) is 0 Å². The highest BCUT2D eigenvalue weighted by Crippen LogP contribution is 1.90. The molecule has 0 amide bonds. The average molecular weight is 148 g/mol. The van der Waals surface area contributed by atoms with E-state index >= 15 is 0 Å². The van der Waals surface area contributed by atoms with E-state index in [2.05, 4.69) is 25.5 Å². The second kappa shape index (κ2) is 2.41. The fourth-order valence-corrected chi connectivity index (χ4v) is 0.662. The zero-order valence-corrected chi connectivity index (χ0v) is 5.49. The Morgan fingerprint density at radius 3 is 2.64 bits per heavy atom. The van der Waals surface area contributed by atoms with Crippen molar-refractivity contribution in [2.24, 2.45) is 0 Å². The molecular weight excluding hydrogens is 144 g/mol. The molecule has 0 saturated heterocycles. The van der Waals surface area contributed by atoms with Gasteiger partial charge < -0.3 is 0 Å². The first-order valence-electron chi connectivity index (χ1n) is 2.97. The molecule has 0 radical (unpaired) electrons. The number of nitrogens with zero attached hydrogens (tertiary/aromatic N) is 6. The topological polar surface area (TPSA) is 69.4 Å². The van der Waals surface area contributed by atoms with Gasteiger partial charge in [-0.2, -0.15) is 4.68 Å². The van der Waals surface area contributed by atoms with E-state index in [9.17, 15) is 0 Å². The Bertz CT molecular complexity index is 314. The highest BCUT2D eigenvalue weighted by atomic mass is 15.5. The number of aromatic nitrogens is 6. The summed E-state index contributed by atoms with van der Waals surface area (Å²) in [6.45, 7) is 0. The molecule has 54 valence electrons. The van der Waals surface area contributed by atoms with Gasteiger partial charge in [-0.15, -0.1) is 5.10 Å². The van der Waals surface area contributed by atoms with Crippen molar-refractivity contribution in [3.63, 3.8) is 0 Å². The predicted octanol–water partition coefficient (Wildman–Crippen LogP) is -0.548. The first kappa shape index (κ1) is 5.90. The Morgan fingerprint density at radius 1 is 1.18 bits per heavy atom. The summed E-state index contributed by atoms with van der Waals surface area (Å²) in [5, 5.41) is 10.5. The van der Waals surface area contributed by atoms with Crippen LogP contribution in [0.25, 0.3) is 5.95 Å². The Kier molecular flexibility index (Phi) is 1.29. The van der Waals surface area contributed by atoms with Crippen LogP contribution in [-0.2, 0) is 0 Å². The van der Waals surface area contributed by atoms with Gasteiger partial charge >= 0.3 is 0 Å². The van der Waals surface area contributed by atoms with Crippen LogP contribution in [-0.4, -0.2) is 30.2 Å². The predicted molar refractivity (Wildman–Crippen MR) is 34.7 cm³/mol. The first-order chi connectivity index (χ1) is 5.47. The van der Waals surface area contributed by atoms with Crippen LogP contribution in [0, 0.1) is 0 Å². The van der Waals surface area contributed by atoms with Crippen molar-refractivity contribution >= 4 is 0 Å². The van der Waals surface area contributed by atoms with Crippen LogP contribution in [0.5, 0.6) is 0 Å². The lowest BCUT2D eigenvalue weighted by Gasteiger charge is -1.92. The first-order valence-corrected chi connectivity index (χ1v) is 2.97. The second-order valence-electron chi connectivity index (χ2n) is 1.80. The van der Waals surface area contributed by atoms with Gasteiger partial charge in [0, 0.05) is 12.4 Å². The minimum Gasteiger partial charge on any atom is -0.220 e.